The van der Waals surface area contributed by atoms with Gasteiger partial charge in [0.15, 0.2) is 0 Å². The third-order valence-corrected chi connectivity index (χ3v) is 2.35. The van der Waals surface area contributed by atoms with E-state index in [9.17, 15) is 4.79 Å². The number of hydrogen-bond acceptors (Lipinski definition) is 2. The normalized spacial score (nSPS) is 10.1. The third-order valence-electron chi connectivity index (χ3n) is 2.13. The van der Waals surface area contributed by atoms with Gasteiger partial charge in [-0.15, -0.1) is 0 Å². The Morgan fingerprint density at radius 3 is 2.53 bits per heavy atom. The number of benzene rings is 1. The van der Waals surface area contributed by atoms with Crippen LogP contribution in [0, 0.1) is 0 Å². The zero-order chi connectivity index (χ0) is 11.4. The first kappa shape index (κ1) is 11.9. The number of carboxylic acids is 1. The summed E-state index contributed by atoms with van der Waals surface area (Å²) in [4.78, 5) is 10.6. The van der Waals surface area contributed by atoms with Gasteiger partial charge in [-0.1, -0.05) is 18.5 Å². The molecule has 15 heavy (non-hydrogen) atoms. The molecule has 0 spiro atoms. The summed E-state index contributed by atoms with van der Waals surface area (Å²) in [5.41, 5.74) is 1.55. The number of aliphatic carboxylic acids is 1. The molecule has 0 amide bonds. The zero-order valence-corrected chi connectivity index (χ0v) is 9.47. The van der Waals surface area contributed by atoms with Crippen molar-refractivity contribution in [2.45, 2.75) is 19.8 Å². The molecular weight excluding hydrogens is 216 g/mol. The van der Waals surface area contributed by atoms with E-state index >= 15 is 0 Å². The maximum Gasteiger partial charge on any atom is 0.307 e. The van der Waals surface area contributed by atoms with Gasteiger partial charge < -0.3 is 9.84 Å². The van der Waals surface area contributed by atoms with Gasteiger partial charge >= 0.3 is 5.97 Å². The van der Waals surface area contributed by atoms with E-state index in [1.54, 1.807) is 12.1 Å². The molecule has 0 unspecified atom stereocenters. The van der Waals surface area contributed by atoms with Crippen LogP contribution in [-0.2, 0) is 17.6 Å². The van der Waals surface area contributed by atoms with E-state index < -0.39 is 5.97 Å². The van der Waals surface area contributed by atoms with Gasteiger partial charge in [-0.3, -0.25) is 4.79 Å². The molecule has 0 aliphatic heterocycles. The van der Waals surface area contributed by atoms with E-state index in [2.05, 4.69) is 0 Å². The highest BCUT2D eigenvalue weighted by Crippen LogP contribution is 2.29. The molecule has 0 aliphatic rings. The van der Waals surface area contributed by atoms with Crippen molar-refractivity contribution in [2.24, 2.45) is 0 Å². The van der Waals surface area contributed by atoms with E-state index in [1.165, 1.54) is 7.11 Å². The molecule has 0 saturated carbocycles. The van der Waals surface area contributed by atoms with Crippen molar-refractivity contribution in [1.82, 2.24) is 0 Å². The lowest BCUT2D eigenvalue weighted by atomic mass is 10.0. The first-order valence-corrected chi connectivity index (χ1v) is 5.03. The molecule has 4 heteroatoms. The van der Waals surface area contributed by atoms with Crippen molar-refractivity contribution in [3.8, 4) is 5.75 Å². The minimum Gasteiger partial charge on any atom is -0.496 e. The molecule has 82 valence electrons. The Morgan fingerprint density at radius 2 is 2.07 bits per heavy atom. The fraction of sp³-hybridized carbons (Fsp3) is 0.364. The van der Waals surface area contributed by atoms with Crippen molar-refractivity contribution >= 4 is 17.6 Å². The molecule has 0 bridgehead atoms. The molecule has 0 aliphatic carbocycles. The van der Waals surface area contributed by atoms with Crippen LogP contribution in [0.15, 0.2) is 12.1 Å². The van der Waals surface area contributed by atoms with Crippen LogP contribution in [0.2, 0.25) is 5.02 Å². The van der Waals surface area contributed by atoms with Crippen molar-refractivity contribution in [2.75, 3.05) is 7.11 Å². The van der Waals surface area contributed by atoms with Gasteiger partial charge in [0, 0.05) is 10.6 Å². The highest BCUT2D eigenvalue weighted by Gasteiger charge is 2.12. The van der Waals surface area contributed by atoms with E-state index in [0.29, 0.717) is 16.3 Å². The molecule has 1 aromatic rings. The van der Waals surface area contributed by atoms with Crippen LogP contribution in [0.4, 0.5) is 0 Å². The van der Waals surface area contributed by atoms with Crippen LogP contribution >= 0.6 is 11.6 Å². The van der Waals surface area contributed by atoms with Crippen LogP contribution < -0.4 is 4.74 Å². The lowest BCUT2D eigenvalue weighted by Crippen LogP contribution is -2.04. The molecule has 1 rings (SSSR count). The quantitative estimate of drug-likeness (QED) is 0.862. The third kappa shape index (κ3) is 2.86. The van der Waals surface area contributed by atoms with Gasteiger partial charge in [0.1, 0.15) is 5.75 Å². The Labute approximate surface area is 93.6 Å². The Morgan fingerprint density at radius 1 is 1.47 bits per heavy atom. The number of carbonyl (C=O) groups is 1. The predicted molar refractivity (Wildman–Crippen MR) is 58.7 cm³/mol. The number of rotatable bonds is 4. The predicted octanol–water partition coefficient (Wildman–Crippen LogP) is 2.54. The second-order valence-electron chi connectivity index (χ2n) is 3.18. The Bertz CT molecular complexity index is 374. The first-order chi connectivity index (χ1) is 7.08. The summed E-state index contributed by atoms with van der Waals surface area (Å²) in [7, 11) is 1.54. The van der Waals surface area contributed by atoms with Crippen molar-refractivity contribution in [3.63, 3.8) is 0 Å². The van der Waals surface area contributed by atoms with E-state index in [4.69, 9.17) is 21.4 Å². The molecule has 3 nitrogen and oxygen atoms in total. The fourth-order valence-electron chi connectivity index (χ4n) is 1.53. The number of ether oxygens (including phenoxy) is 1. The molecular formula is C11H13ClO3. The highest BCUT2D eigenvalue weighted by atomic mass is 35.5. The van der Waals surface area contributed by atoms with Gasteiger partial charge in [-0.2, -0.15) is 0 Å². The second-order valence-corrected chi connectivity index (χ2v) is 3.62. The summed E-state index contributed by atoms with van der Waals surface area (Å²) in [6.45, 7) is 1.97. The minimum absolute atomic E-state index is 0.0727. The average Bonchev–Trinajstić information content (AvgIpc) is 2.15. The maximum absolute atomic E-state index is 10.6. The number of halogens is 1. The Kier molecular flexibility index (Phi) is 3.97. The molecule has 0 saturated heterocycles. The van der Waals surface area contributed by atoms with Gasteiger partial charge in [0.25, 0.3) is 0 Å². The van der Waals surface area contributed by atoms with Crippen LogP contribution in [0.3, 0.4) is 0 Å². The smallest absolute Gasteiger partial charge is 0.307 e. The van der Waals surface area contributed by atoms with Crippen molar-refractivity contribution in [3.05, 3.63) is 28.3 Å². The highest BCUT2D eigenvalue weighted by molar-refractivity contribution is 6.30. The summed E-state index contributed by atoms with van der Waals surface area (Å²) in [5.74, 6) is -0.262. The number of aryl methyl sites for hydroxylation is 1. The molecule has 0 radical (unpaired) electrons. The summed E-state index contributed by atoms with van der Waals surface area (Å²) in [6, 6.07) is 3.43. The monoisotopic (exact) mass is 228 g/mol. The van der Waals surface area contributed by atoms with Gasteiger partial charge in [0.05, 0.1) is 13.5 Å². The lowest BCUT2D eigenvalue weighted by molar-refractivity contribution is -0.136. The fourth-order valence-corrected chi connectivity index (χ4v) is 1.79. The van der Waals surface area contributed by atoms with Crippen molar-refractivity contribution in [1.29, 1.82) is 0 Å². The summed E-state index contributed by atoms with van der Waals surface area (Å²) in [6.07, 6.45) is 0.688. The molecule has 0 atom stereocenters. The molecule has 0 heterocycles. The second kappa shape index (κ2) is 5.03. The molecule has 0 fully saturated rings. The molecule has 0 aromatic heterocycles. The standard InChI is InChI=1S/C11H13ClO3/c1-3-7-4-9(12)5-8(6-10(13)14)11(7)15-2/h4-5H,3,6H2,1-2H3,(H,13,14). The molecule has 1 aromatic carbocycles. The topological polar surface area (TPSA) is 46.5 Å². The summed E-state index contributed by atoms with van der Waals surface area (Å²) in [5, 5.41) is 9.29. The van der Waals surface area contributed by atoms with Crippen LogP contribution in [0.1, 0.15) is 18.1 Å². The van der Waals surface area contributed by atoms with Gasteiger partial charge in [0.2, 0.25) is 0 Å². The Balaban J connectivity index is 3.22. The number of hydrogen-bond donors (Lipinski definition) is 1. The zero-order valence-electron chi connectivity index (χ0n) is 8.71. The van der Waals surface area contributed by atoms with E-state index in [0.717, 1.165) is 12.0 Å². The summed E-state index contributed by atoms with van der Waals surface area (Å²) >= 11 is 5.89. The lowest BCUT2D eigenvalue weighted by Gasteiger charge is -2.12. The number of carboxylic acid groups (broad SMARTS) is 1. The van der Waals surface area contributed by atoms with Crippen molar-refractivity contribution < 1.29 is 14.6 Å². The van der Waals surface area contributed by atoms with Crippen LogP contribution in [0.5, 0.6) is 5.75 Å². The van der Waals surface area contributed by atoms with Crippen LogP contribution in [0.25, 0.3) is 0 Å². The Hall–Kier alpha value is -1.22. The average molecular weight is 229 g/mol. The SMILES string of the molecule is CCc1cc(Cl)cc(CC(=O)O)c1OC. The van der Waals surface area contributed by atoms with Crippen LogP contribution in [-0.4, -0.2) is 18.2 Å². The first-order valence-electron chi connectivity index (χ1n) is 4.65. The minimum atomic E-state index is -0.891. The number of methoxy groups -OCH3 is 1. The van der Waals surface area contributed by atoms with Gasteiger partial charge in [-0.05, 0) is 24.1 Å². The van der Waals surface area contributed by atoms with E-state index in [1.807, 2.05) is 6.92 Å². The summed E-state index contributed by atoms with van der Waals surface area (Å²) < 4.78 is 5.20. The molecule has 1 N–H and O–H groups in total. The van der Waals surface area contributed by atoms with Gasteiger partial charge in [-0.25, -0.2) is 0 Å². The largest absolute Gasteiger partial charge is 0.496 e. The van der Waals surface area contributed by atoms with E-state index in [-0.39, 0.29) is 6.42 Å². The maximum atomic E-state index is 10.6.